The van der Waals surface area contributed by atoms with Gasteiger partial charge >= 0.3 is 0 Å². The maximum Gasteiger partial charge on any atom is 0.0821 e. The van der Waals surface area contributed by atoms with Crippen LogP contribution in [0.25, 0.3) is 0 Å². The molecule has 0 bridgehead atoms. The first kappa shape index (κ1) is 16.8. The zero-order valence-electron chi connectivity index (χ0n) is 13.3. The smallest absolute Gasteiger partial charge is 0.0821 e. The highest BCUT2D eigenvalue weighted by atomic mass is 79.9. The first-order chi connectivity index (χ1) is 9.89. The largest absolute Gasteiger partial charge is 0.388 e. The Morgan fingerprint density at radius 2 is 2.00 bits per heavy atom. The van der Waals surface area contributed by atoms with E-state index in [1.165, 1.54) is 11.3 Å². The molecule has 21 heavy (non-hydrogen) atoms. The minimum atomic E-state index is -0.514. The third kappa shape index (κ3) is 4.70. The number of nitrogens with one attached hydrogen (secondary N) is 1. The summed E-state index contributed by atoms with van der Waals surface area (Å²) < 4.78 is 1.08. The van der Waals surface area contributed by atoms with E-state index in [-0.39, 0.29) is 0 Å². The zero-order chi connectivity index (χ0) is 15.5. The predicted octanol–water partition coefficient (Wildman–Crippen LogP) is 3.69. The normalized spacial score (nSPS) is 17.4. The summed E-state index contributed by atoms with van der Waals surface area (Å²) in [6.45, 7) is 5.87. The third-order valence-electron chi connectivity index (χ3n) is 4.23. The highest BCUT2D eigenvalue weighted by Crippen LogP contribution is 2.32. The highest BCUT2D eigenvalue weighted by Gasteiger charge is 2.32. The van der Waals surface area contributed by atoms with Gasteiger partial charge in [-0.05, 0) is 30.5 Å². The Hall–Kier alpha value is -0.580. The molecule has 2 N–H and O–H groups in total. The number of halogens is 1. The quantitative estimate of drug-likeness (QED) is 0.817. The molecule has 0 amide bonds. The summed E-state index contributed by atoms with van der Waals surface area (Å²) in [4.78, 5) is 2.20. The molecule has 0 aromatic heterocycles. The molecule has 0 aliphatic heterocycles. The molecule has 0 unspecified atom stereocenters. The lowest BCUT2D eigenvalue weighted by molar-refractivity contribution is 0.0559. The molecule has 0 radical (unpaired) electrons. The van der Waals surface area contributed by atoms with Crippen molar-refractivity contribution in [2.24, 2.45) is 0 Å². The van der Waals surface area contributed by atoms with Crippen LogP contribution in [0.4, 0.5) is 5.69 Å². The fourth-order valence-corrected chi connectivity index (χ4v) is 3.42. The van der Waals surface area contributed by atoms with Gasteiger partial charge in [0.25, 0.3) is 0 Å². The van der Waals surface area contributed by atoms with Gasteiger partial charge in [-0.2, -0.15) is 0 Å². The first-order valence-corrected chi connectivity index (χ1v) is 8.64. The zero-order valence-corrected chi connectivity index (χ0v) is 14.9. The van der Waals surface area contributed by atoms with Gasteiger partial charge in [0.2, 0.25) is 0 Å². The van der Waals surface area contributed by atoms with Crippen molar-refractivity contribution in [3.05, 3.63) is 28.2 Å². The minimum Gasteiger partial charge on any atom is -0.388 e. The lowest BCUT2D eigenvalue weighted by atomic mass is 10.0. The predicted molar refractivity (Wildman–Crippen MR) is 92.8 cm³/mol. The number of anilines is 1. The van der Waals surface area contributed by atoms with Gasteiger partial charge < -0.3 is 15.3 Å². The molecule has 0 spiro atoms. The van der Waals surface area contributed by atoms with Crippen molar-refractivity contribution >= 4 is 21.6 Å². The molecule has 118 valence electrons. The lowest BCUT2D eigenvalue weighted by Crippen LogP contribution is -2.39. The van der Waals surface area contributed by atoms with Crippen LogP contribution in [-0.2, 0) is 6.54 Å². The number of likely N-dealkylation sites (N-methyl/N-ethyl adjacent to an activating group) is 1. The van der Waals surface area contributed by atoms with Crippen LogP contribution in [0.1, 0.15) is 45.1 Å². The maximum atomic E-state index is 10.6. The number of hydrogen-bond acceptors (Lipinski definition) is 3. The summed E-state index contributed by atoms with van der Waals surface area (Å²) in [6, 6.07) is 6.85. The molecule has 4 heteroatoms. The summed E-state index contributed by atoms with van der Waals surface area (Å²) >= 11 is 3.56. The summed E-state index contributed by atoms with van der Waals surface area (Å²) in [6.07, 6.45) is 4.13. The summed E-state index contributed by atoms with van der Waals surface area (Å²) in [7, 11) is 2.08. The average molecular weight is 355 g/mol. The fraction of sp³-hybridized carbons (Fsp3) is 0.647. The van der Waals surface area contributed by atoms with E-state index >= 15 is 0 Å². The Labute approximate surface area is 136 Å². The van der Waals surface area contributed by atoms with Gasteiger partial charge in [0.15, 0.2) is 0 Å². The number of aliphatic hydroxyl groups is 1. The van der Waals surface area contributed by atoms with E-state index in [0.717, 1.165) is 36.7 Å². The van der Waals surface area contributed by atoms with Crippen LogP contribution in [-0.4, -0.2) is 30.3 Å². The second-order valence-corrected chi connectivity index (χ2v) is 7.51. The van der Waals surface area contributed by atoms with E-state index < -0.39 is 5.60 Å². The van der Waals surface area contributed by atoms with Crippen molar-refractivity contribution in [1.29, 1.82) is 0 Å². The van der Waals surface area contributed by atoms with Gasteiger partial charge in [-0.1, -0.05) is 48.7 Å². The Kier molecular flexibility index (Phi) is 5.69. The first-order valence-electron chi connectivity index (χ1n) is 7.85. The molecule has 1 aliphatic rings. The van der Waals surface area contributed by atoms with Crippen molar-refractivity contribution in [2.75, 3.05) is 18.5 Å². The van der Waals surface area contributed by atoms with Crippen LogP contribution in [0.3, 0.4) is 0 Å². The number of rotatable bonds is 6. The van der Waals surface area contributed by atoms with E-state index in [9.17, 15) is 5.11 Å². The van der Waals surface area contributed by atoms with Crippen LogP contribution >= 0.6 is 15.9 Å². The molecular weight excluding hydrogens is 328 g/mol. The van der Waals surface area contributed by atoms with Crippen molar-refractivity contribution in [1.82, 2.24) is 5.32 Å². The molecule has 1 fully saturated rings. The van der Waals surface area contributed by atoms with E-state index in [1.54, 1.807) is 0 Å². The topological polar surface area (TPSA) is 35.5 Å². The van der Waals surface area contributed by atoms with Gasteiger partial charge in [-0.3, -0.25) is 0 Å². The summed E-state index contributed by atoms with van der Waals surface area (Å²) in [5.74, 6) is 0. The Bertz CT molecular complexity index is 470. The standard InChI is InChI=1S/C17H27BrN2O/c1-13(2)19-11-14-6-7-15(18)10-16(14)20(3)12-17(21)8-4-5-9-17/h6-7,10,13,19,21H,4-5,8-9,11-12H2,1-3H3. The van der Waals surface area contributed by atoms with Crippen molar-refractivity contribution in [3.63, 3.8) is 0 Å². The van der Waals surface area contributed by atoms with Gasteiger partial charge in [0, 0.05) is 36.3 Å². The van der Waals surface area contributed by atoms with E-state index in [2.05, 4.69) is 65.2 Å². The molecule has 1 aromatic carbocycles. The van der Waals surface area contributed by atoms with E-state index in [0.29, 0.717) is 12.6 Å². The second-order valence-electron chi connectivity index (χ2n) is 6.60. The number of benzene rings is 1. The number of nitrogens with zero attached hydrogens (tertiary/aromatic N) is 1. The van der Waals surface area contributed by atoms with Gasteiger partial charge in [0.1, 0.15) is 0 Å². The van der Waals surface area contributed by atoms with Gasteiger partial charge in [-0.15, -0.1) is 0 Å². The van der Waals surface area contributed by atoms with Gasteiger partial charge in [0.05, 0.1) is 5.60 Å². The monoisotopic (exact) mass is 354 g/mol. The van der Waals surface area contributed by atoms with Crippen LogP contribution in [0, 0.1) is 0 Å². The molecule has 1 aromatic rings. The molecule has 0 saturated heterocycles. The highest BCUT2D eigenvalue weighted by molar-refractivity contribution is 9.10. The van der Waals surface area contributed by atoms with E-state index in [4.69, 9.17) is 0 Å². The van der Waals surface area contributed by atoms with Crippen molar-refractivity contribution < 1.29 is 5.11 Å². The molecule has 1 saturated carbocycles. The molecule has 0 heterocycles. The summed E-state index contributed by atoms with van der Waals surface area (Å²) in [5.41, 5.74) is 1.95. The Balaban J connectivity index is 2.14. The van der Waals surface area contributed by atoms with Crippen LogP contribution in [0.2, 0.25) is 0 Å². The minimum absolute atomic E-state index is 0.464. The Morgan fingerprint density at radius 3 is 2.62 bits per heavy atom. The average Bonchev–Trinajstić information content (AvgIpc) is 2.83. The summed E-state index contributed by atoms with van der Waals surface area (Å²) in [5, 5.41) is 14.1. The lowest BCUT2D eigenvalue weighted by Gasteiger charge is -2.31. The SMILES string of the molecule is CC(C)NCc1ccc(Br)cc1N(C)CC1(O)CCCC1. The van der Waals surface area contributed by atoms with Crippen molar-refractivity contribution in [2.45, 2.75) is 57.7 Å². The molecule has 1 aliphatic carbocycles. The third-order valence-corrected chi connectivity index (χ3v) is 4.72. The van der Waals surface area contributed by atoms with E-state index in [1.807, 2.05) is 0 Å². The number of hydrogen-bond donors (Lipinski definition) is 2. The second kappa shape index (κ2) is 7.12. The maximum absolute atomic E-state index is 10.6. The molecule has 0 atom stereocenters. The van der Waals surface area contributed by atoms with Crippen LogP contribution in [0.15, 0.2) is 22.7 Å². The molecule has 2 rings (SSSR count). The van der Waals surface area contributed by atoms with Crippen LogP contribution < -0.4 is 10.2 Å². The fourth-order valence-electron chi connectivity index (χ4n) is 3.07. The molecule has 3 nitrogen and oxygen atoms in total. The Morgan fingerprint density at radius 1 is 1.33 bits per heavy atom. The van der Waals surface area contributed by atoms with Gasteiger partial charge in [-0.25, -0.2) is 0 Å². The molecular formula is C17H27BrN2O. The van der Waals surface area contributed by atoms with Crippen molar-refractivity contribution in [3.8, 4) is 0 Å². The van der Waals surface area contributed by atoms with Crippen LogP contribution in [0.5, 0.6) is 0 Å².